The first kappa shape index (κ1) is 10.6. The number of fused-ring (bicyclic) bond motifs is 1. The Labute approximate surface area is 102 Å². The fourth-order valence-electron chi connectivity index (χ4n) is 2.88. The molecule has 0 unspecified atom stereocenters. The molecule has 2 aromatic rings. The van der Waals surface area contributed by atoms with E-state index in [4.69, 9.17) is 5.73 Å². The quantitative estimate of drug-likeness (QED) is 0.860. The molecule has 0 aromatic carbocycles. The Morgan fingerprint density at radius 3 is 2.82 bits per heavy atom. The number of anilines is 1. The standard InChI is InChI=1S/C14H19N3/c15-14-12(10-11-6-2-1-3-7-11)16-13-8-4-5-9-17(13)14/h4-5,8-9,11H,1-3,6-7,10,15H2. The van der Waals surface area contributed by atoms with Crippen LogP contribution in [0.4, 0.5) is 5.82 Å². The van der Waals surface area contributed by atoms with Gasteiger partial charge in [0, 0.05) is 6.20 Å². The minimum Gasteiger partial charge on any atom is -0.383 e. The van der Waals surface area contributed by atoms with Gasteiger partial charge in [0.2, 0.25) is 0 Å². The fraction of sp³-hybridized carbons (Fsp3) is 0.500. The minimum atomic E-state index is 0.788. The van der Waals surface area contributed by atoms with Crippen LogP contribution in [-0.2, 0) is 6.42 Å². The number of imidazole rings is 1. The molecule has 2 heterocycles. The Morgan fingerprint density at radius 1 is 1.24 bits per heavy atom. The van der Waals surface area contributed by atoms with Crippen molar-refractivity contribution in [2.75, 3.05) is 5.73 Å². The number of nitrogen functional groups attached to an aromatic ring is 1. The van der Waals surface area contributed by atoms with Gasteiger partial charge in [-0.1, -0.05) is 38.2 Å². The molecule has 2 aromatic heterocycles. The van der Waals surface area contributed by atoms with E-state index in [1.54, 1.807) is 0 Å². The summed E-state index contributed by atoms with van der Waals surface area (Å²) in [5.41, 5.74) is 8.21. The zero-order valence-corrected chi connectivity index (χ0v) is 10.1. The molecule has 0 aliphatic heterocycles. The second-order valence-corrected chi connectivity index (χ2v) is 5.08. The number of nitrogens with zero attached hydrogens (tertiary/aromatic N) is 2. The van der Waals surface area contributed by atoms with Gasteiger partial charge in [0.1, 0.15) is 11.5 Å². The molecule has 1 aliphatic carbocycles. The van der Waals surface area contributed by atoms with Crippen LogP contribution < -0.4 is 5.73 Å². The van der Waals surface area contributed by atoms with E-state index in [-0.39, 0.29) is 0 Å². The summed E-state index contributed by atoms with van der Waals surface area (Å²) in [5, 5.41) is 0. The minimum absolute atomic E-state index is 0.788. The zero-order chi connectivity index (χ0) is 11.7. The van der Waals surface area contributed by atoms with Crippen LogP contribution in [0, 0.1) is 5.92 Å². The van der Waals surface area contributed by atoms with Crippen LogP contribution in [0.5, 0.6) is 0 Å². The van der Waals surface area contributed by atoms with Crippen molar-refractivity contribution in [3.8, 4) is 0 Å². The van der Waals surface area contributed by atoms with Gasteiger partial charge in [-0.25, -0.2) is 4.98 Å². The van der Waals surface area contributed by atoms with Crippen molar-refractivity contribution in [2.45, 2.75) is 38.5 Å². The summed E-state index contributed by atoms with van der Waals surface area (Å²) < 4.78 is 1.98. The number of hydrogen-bond donors (Lipinski definition) is 1. The van der Waals surface area contributed by atoms with E-state index in [1.165, 1.54) is 32.1 Å². The van der Waals surface area contributed by atoms with Gasteiger partial charge in [-0.15, -0.1) is 0 Å². The molecule has 0 atom stereocenters. The first-order valence-electron chi connectivity index (χ1n) is 6.56. The van der Waals surface area contributed by atoms with Gasteiger partial charge in [0.25, 0.3) is 0 Å². The molecule has 3 nitrogen and oxygen atoms in total. The monoisotopic (exact) mass is 229 g/mol. The Morgan fingerprint density at radius 2 is 2.06 bits per heavy atom. The van der Waals surface area contributed by atoms with Gasteiger partial charge in [-0.2, -0.15) is 0 Å². The number of pyridine rings is 1. The van der Waals surface area contributed by atoms with Gasteiger partial charge >= 0.3 is 0 Å². The van der Waals surface area contributed by atoms with Crippen molar-refractivity contribution in [1.82, 2.24) is 9.38 Å². The number of nitrogens with two attached hydrogens (primary N) is 1. The molecule has 2 N–H and O–H groups in total. The highest BCUT2D eigenvalue weighted by atomic mass is 15.1. The lowest BCUT2D eigenvalue weighted by Crippen LogP contribution is -2.10. The van der Waals surface area contributed by atoms with Crippen LogP contribution in [-0.4, -0.2) is 9.38 Å². The molecule has 0 saturated heterocycles. The third-order valence-corrected chi connectivity index (χ3v) is 3.85. The van der Waals surface area contributed by atoms with Crippen LogP contribution >= 0.6 is 0 Å². The molecule has 1 aliphatic rings. The molecule has 3 rings (SSSR count). The predicted molar refractivity (Wildman–Crippen MR) is 69.9 cm³/mol. The van der Waals surface area contributed by atoms with E-state index in [2.05, 4.69) is 4.98 Å². The van der Waals surface area contributed by atoms with Gasteiger partial charge in [0.05, 0.1) is 5.69 Å². The normalized spacial score (nSPS) is 17.6. The molecule has 0 radical (unpaired) electrons. The molecule has 0 bridgehead atoms. The number of rotatable bonds is 2. The van der Waals surface area contributed by atoms with Crippen molar-refractivity contribution < 1.29 is 0 Å². The Hall–Kier alpha value is -1.51. The summed E-state index contributed by atoms with van der Waals surface area (Å²) in [4.78, 5) is 4.64. The average Bonchev–Trinajstić information content (AvgIpc) is 2.68. The van der Waals surface area contributed by atoms with Crippen LogP contribution in [0.1, 0.15) is 37.8 Å². The molecule has 90 valence electrons. The lowest BCUT2D eigenvalue weighted by Gasteiger charge is -2.20. The van der Waals surface area contributed by atoms with Gasteiger partial charge < -0.3 is 5.73 Å². The van der Waals surface area contributed by atoms with Crippen LogP contribution in [0.25, 0.3) is 5.65 Å². The van der Waals surface area contributed by atoms with Gasteiger partial charge in [0.15, 0.2) is 0 Å². The second kappa shape index (κ2) is 4.40. The van der Waals surface area contributed by atoms with E-state index >= 15 is 0 Å². The van der Waals surface area contributed by atoms with E-state index in [0.29, 0.717) is 0 Å². The fourth-order valence-corrected chi connectivity index (χ4v) is 2.88. The van der Waals surface area contributed by atoms with E-state index < -0.39 is 0 Å². The summed E-state index contributed by atoms with van der Waals surface area (Å²) in [7, 11) is 0. The lowest BCUT2D eigenvalue weighted by atomic mass is 9.86. The third-order valence-electron chi connectivity index (χ3n) is 3.85. The number of aromatic nitrogens is 2. The molecule has 17 heavy (non-hydrogen) atoms. The van der Waals surface area contributed by atoms with Crippen molar-refractivity contribution in [2.24, 2.45) is 5.92 Å². The second-order valence-electron chi connectivity index (χ2n) is 5.08. The molecule has 3 heteroatoms. The van der Waals surface area contributed by atoms with Crippen LogP contribution in [0.3, 0.4) is 0 Å². The first-order chi connectivity index (χ1) is 8.34. The van der Waals surface area contributed by atoms with E-state index in [0.717, 1.165) is 29.5 Å². The molecule has 0 amide bonds. The summed E-state index contributed by atoms with van der Waals surface area (Å²) in [6.45, 7) is 0. The summed E-state index contributed by atoms with van der Waals surface area (Å²) in [5.74, 6) is 1.61. The Bertz CT molecular complexity index is 509. The largest absolute Gasteiger partial charge is 0.383 e. The molecular weight excluding hydrogens is 210 g/mol. The summed E-state index contributed by atoms with van der Waals surface area (Å²) >= 11 is 0. The average molecular weight is 229 g/mol. The molecule has 1 saturated carbocycles. The molecular formula is C14H19N3. The highest BCUT2D eigenvalue weighted by molar-refractivity contribution is 5.52. The topological polar surface area (TPSA) is 43.3 Å². The maximum atomic E-state index is 6.16. The Balaban J connectivity index is 1.87. The Kier molecular flexibility index (Phi) is 2.75. The molecule has 1 fully saturated rings. The van der Waals surface area contributed by atoms with Crippen LogP contribution in [0.15, 0.2) is 24.4 Å². The number of hydrogen-bond acceptors (Lipinski definition) is 2. The zero-order valence-electron chi connectivity index (χ0n) is 10.1. The lowest BCUT2D eigenvalue weighted by molar-refractivity contribution is 0.355. The van der Waals surface area contributed by atoms with Crippen molar-refractivity contribution in [3.05, 3.63) is 30.1 Å². The first-order valence-corrected chi connectivity index (χ1v) is 6.56. The smallest absolute Gasteiger partial charge is 0.138 e. The summed E-state index contributed by atoms with van der Waals surface area (Å²) in [6, 6.07) is 6.02. The third kappa shape index (κ3) is 2.02. The van der Waals surface area contributed by atoms with Crippen molar-refractivity contribution >= 4 is 11.5 Å². The van der Waals surface area contributed by atoms with Crippen molar-refractivity contribution in [3.63, 3.8) is 0 Å². The van der Waals surface area contributed by atoms with E-state index in [9.17, 15) is 0 Å². The SMILES string of the molecule is Nc1c(CC2CCCCC2)nc2ccccn12. The van der Waals surface area contributed by atoms with Gasteiger partial charge in [-0.05, 0) is 24.5 Å². The summed E-state index contributed by atoms with van der Waals surface area (Å²) in [6.07, 6.45) is 9.86. The van der Waals surface area contributed by atoms with Crippen molar-refractivity contribution in [1.29, 1.82) is 0 Å². The van der Waals surface area contributed by atoms with E-state index in [1.807, 2.05) is 28.8 Å². The van der Waals surface area contributed by atoms with Gasteiger partial charge in [-0.3, -0.25) is 4.40 Å². The predicted octanol–water partition coefficient (Wildman–Crippen LogP) is 3.04. The molecule has 0 spiro atoms. The maximum Gasteiger partial charge on any atom is 0.138 e. The van der Waals surface area contributed by atoms with Crippen LogP contribution in [0.2, 0.25) is 0 Å². The highest BCUT2D eigenvalue weighted by Gasteiger charge is 2.17. The maximum absolute atomic E-state index is 6.16. The highest BCUT2D eigenvalue weighted by Crippen LogP contribution is 2.28.